The molecule has 1 unspecified atom stereocenters. The van der Waals surface area contributed by atoms with Gasteiger partial charge in [0.05, 0.1) is 14.2 Å². The Balaban J connectivity index is 2.87. The molecule has 0 amide bonds. The van der Waals surface area contributed by atoms with Gasteiger partial charge in [0.2, 0.25) is 0 Å². The van der Waals surface area contributed by atoms with Gasteiger partial charge >= 0.3 is 0 Å². The smallest absolute Gasteiger partial charge is 0.125 e. The Kier molecular flexibility index (Phi) is 4.95. The van der Waals surface area contributed by atoms with Gasteiger partial charge in [-0.15, -0.1) is 0 Å². The Hall–Kier alpha value is -0.700. The summed E-state index contributed by atoms with van der Waals surface area (Å²) in [5, 5.41) is 0. The summed E-state index contributed by atoms with van der Waals surface area (Å²) in [5.41, 5.74) is 1.21. The number of hydrogen-bond acceptors (Lipinski definition) is 2. The van der Waals surface area contributed by atoms with Crippen LogP contribution in [-0.4, -0.2) is 19.0 Å². The van der Waals surface area contributed by atoms with E-state index in [1.165, 1.54) is 5.56 Å². The molecule has 0 aliphatic carbocycles. The molecular formula is C12H17BrO2. The van der Waals surface area contributed by atoms with E-state index in [1.54, 1.807) is 14.2 Å². The van der Waals surface area contributed by atoms with Crippen LogP contribution >= 0.6 is 15.9 Å². The van der Waals surface area contributed by atoms with Crippen molar-refractivity contribution in [3.05, 3.63) is 23.8 Å². The minimum atomic E-state index is 0.500. The van der Waals surface area contributed by atoms with E-state index in [4.69, 9.17) is 9.47 Å². The quantitative estimate of drug-likeness (QED) is 0.765. The molecule has 0 N–H and O–H groups in total. The summed E-state index contributed by atoms with van der Waals surface area (Å²) in [4.78, 5) is 0.500. The van der Waals surface area contributed by atoms with Crippen LogP contribution in [-0.2, 0) is 6.42 Å². The Labute approximate surface area is 99.7 Å². The van der Waals surface area contributed by atoms with Gasteiger partial charge in [-0.25, -0.2) is 0 Å². The van der Waals surface area contributed by atoms with Crippen LogP contribution in [0.1, 0.15) is 18.9 Å². The van der Waals surface area contributed by atoms with Crippen molar-refractivity contribution in [1.82, 2.24) is 0 Å². The minimum absolute atomic E-state index is 0.500. The standard InChI is InChI=1S/C12H17BrO2/c1-4-10(13)7-9-5-6-11(14-2)8-12(9)15-3/h5-6,8,10H,4,7H2,1-3H3. The zero-order chi connectivity index (χ0) is 11.3. The fraction of sp³-hybridized carbons (Fsp3) is 0.500. The summed E-state index contributed by atoms with van der Waals surface area (Å²) in [7, 11) is 3.35. The van der Waals surface area contributed by atoms with Gasteiger partial charge < -0.3 is 9.47 Å². The second-order valence-electron chi connectivity index (χ2n) is 3.39. The fourth-order valence-corrected chi connectivity index (χ4v) is 1.75. The van der Waals surface area contributed by atoms with Gasteiger partial charge in [-0.05, 0) is 24.5 Å². The fourth-order valence-electron chi connectivity index (χ4n) is 1.40. The molecule has 0 aliphatic rings. The molecule has 3 heteroatoms. The number of ether oxygens (including phenoxy) is 2. The Morgan fingerprint density at radius 1 is 1.27 bits per heavy atom. The van der Waals surface area contributed by atoms with E-state index < -0.39 is 0 Å². The van der Waals surface area contributed by atoms with E-state index in [-0.39, 0.29) is 0 Å². The number of halogens is 1. The highest BCUT2D eigenvalue weighted by Crippen LogP contribution is 2.27. The van der Waals surface area contributed by atoms with Gasteiger partial charge in [0.25, 0.3) is 0 Å². The normalized spacial score (nSPS) is 12.3. The summed E-state index contributed by atoms with van der Waals surface area (Å²) >= 11 is 3.63. The Morgan fingerprint density at radius 3 is 2.53 bits per heavy atom. The molecule has 1 atom stereocenters. The van der Waals surface area contributed by atoms with E-state index >= 15 is 0 Å². The lowest BCUT2D eigenvalue weighted by Gasteiger charge is -2.12. The number of methoxy groups -OCH3 is 2. The lowest BCUT2D eigenvalue weighted by molar-refractivity contribution is 0.391. The molecule has 15 heavy (non-hydrogen) atoms. The monoisotopic (exact) mass is 272 g/mol. The predicted molar refractivity (Wildman–Crippen MR) is 66.3 cm³/mol. The zero-order valence-electron chi connectivity index (χ0n) is 9.42. The molecule has 0 heterocycles. The third-order valence-corrected chi connectivity index (χ3v) is 3.35. The zero-order valence-corrected chi connectivity index (χ0v) is 11.0. The van der Waals surface area contributed by atoms with Crippen LogP contribution in [0.4, 0.5) is 0 Å². The molecule has 0 spiro atoms. The van der Waals surface area contributed by atoms with Gasteiger partial charge in [0.1, 0.15) is 11.5 Å². The number of rotatable bonds is 5. The highest BCUT2D eigenvalue weighted by Gasteiger charge is 2.09. The molecule has 1 aromatic rings. The molecule has 2 nitrogen and oxygen atoms in total. The SMILES string of the molecule is CCC(Br)Cc1ccc(OC)cc1OC. The average molecular weight is 273 g/mol. The molecule has 0 bridgehead atoms. The lowest BCUT2D eigenvalue weighted by Crippen LogP contribution is -2.02. The first kappa shape index (κ1) is 12.4. The molecule has 1 aromatic carbocycles. The molecular weight excluding hydrogens is 256 g/mol. The van der Waals surface area contributed by atoms with Gasteiger partial charge in [0, 0.05) is 10.9 Å². The van der Waals surface area contributed by atoms with Crippen molar-refractivity contribution in [3.8, 4) is 11.5 Å². The highest BCUT2D eigenvalue weighted by atomic mass is 79.9. The maximum absolute atomic E-state index is 5.33. The van der Waals surface area contributed by atoms with Crippen LogP contribution in [0.5, 0.6) is 11.5 Å². The first-order valence-electron chi connectivity index (χ1n) is 5.06. The number of hydrogen-bond donors (Lipinski definition) is 0. The van der Waals surface area contributed by atoms with E-state index in [0.717, 1.165) is 24.3 Å². The minimum Gasteiger partial charge on any atom is -0.497 e. The summed E-state index contributed by atoms with van der Waals surface area (Å²) in [6.07, 6.45) is 2.08. The van der Waals surface area contributed by atoms with Gasteiger partial charge in [-0.1, -0.05) is 28.9 Å². The topological polar surface area (TPSA) is 18.5 Å². The largest absolute Gasteiger partial charge is 0.497 e. The van der Waals surface area contributed by atoms with Crippen LogP contribution in [0.2, 0.25) is 0 Å². The van der Waals surface area contributed by atoms with Gasteiger partial charge in [-0.3, -0.25) is 0 Å². The van der Waals surface area contributed by atoms with Crippen molar-refractivity contribution in [2.75, 3.05) is 14.2 Å². The van der Waals surface area contributed by atoms with Crippen molar-refractivity contribution < 1.29 is 9.47 Å². The molecule has 0 saturated carbocycles. The van der Waals surface area contributed by atoms with E-state index in [9.17, 15) is 0 Å². The average Bonchev–Trinajstić information content (AvgIpc) is 2.29. The Bertz CT molecular complexity index is 312. The first-order chi connectivity index (χ1) is 7.21. The maximum atomic E-state index is 5.33. The molecule has 0 fully saturated rings. The summed E-state index contributed by atoms with van der Waals surface area (Å²) < 4.78 is 10.5. The lowest BCUT2D eigenvalue weighted by atomic mass is 10.1. The summed E-state index contributed by atoms with van der Waals surface area (Å²) in [6.45, 7) is 2.16. The molecule has 0 saturated heterocycles. The van der Waals surface area contributed by atoms with E-state index in [1.807, 2.05) is 12.1 Å². The molecule has 1 rings (SSSR count). The molecule has 0 aliphatic heterocycles. The Morgan fingerprint density at radius 2 is 2.00 bits per heavy atom. The van der Waals surface area contributed by atoms with E-state index in [2.05, 4.69) is 28.9 Å². The summed E-state index contributed by atoms with van der Waals surface area (Å²) in [6, 6.07) is 5.94. The second kappa shape index (κ2) is 6.01. The van der Waals surface area contributed by atoms with Crippen LogP contribution in [0.3, 0.4) is 0 Å². The van der Waals surface area contributed by atoms with Crippen LogP contribution < -0.4 is 9.47 Å². The molecule has 0 aromatic heterocycles. The molecule has 0 radical (unpaired) electrons. The second-order valence-corrected chi connectivity index (χ2v) is 4.68. The van der Waals surface area contributed by atoms with Crippen LogP contribution in [0, 0.1) is 0 Å². The van der Waals surface area contributed by atoms with Crippen LogP contribution in [0.15, 0.2) is 18.2 Å². The summed E-state index contributed by atoms with van der Waals surface area (Å²) in [5.74, 6) is 1.73. The maximum Gasteiger partial charge on any atom is 0.125 e. The third-order valence-electron chi connectivity index (χ3n) is 2.38. The number of alkyl halides is 1. The first-order valence-corrected chi connectivity index (χ1v) is 5.97. The third kappa shape index (κ3) is 3.42. The van der Waals surface area contributed by atoms with Gasteiger partial charge in [0.15, 0.2) is 0 Å². The van der Waals surface area contributed by atoms with Crippen molar-refractivity contribution in [2.45, 2.75) is 24.6 Å². The van der Waals surface area contributed by atoms with Crippen molar-refractivity contribution in [2.24, 2.45) is 0 Å². The van der Waals surface area contributed by atoms with Crippen molar-refractivity contribution >= 4 is 15.9 Å². The number of benzene rings is 1. The van der Waals surface area contributed by atoms with Crippen molar-refractivity contribution in [3.63, 3.8) is 0 Å². The highest BCUT2D eigenvalue weighted by molar-refractivity contribution is 9.09. The van der Waals surface area contributed by atoms with E-state index in [0.29, 0.717) is 4.83 Å². The molecule has 84 valence electrons. The van der Waals surface area contributed by atoms with Gasteiger partial charge in [-0.2, -0.15) is 0 Å². The predicted octanol–water partition coefficient (Wildman–Crippen LogP) is 3.42. The van der Waals surface area contributed by atoms with Crippen LogP contribution in [0.25, 0.3) is 0 Å². The van der Waals surface area contributed by atoms with Crippen molar-refractivity contribution in [1.29, 1.82) is 0 Å².